The number of carbonyl (C=O) groups is 1. The van der Waals surface area contributed by atoms with Gasteiger partial charge in [-0.2, -0.15) is 0 Å². The summed E-state index contributed by atoms with van der Waals surface area (Å²) in [7, 11) is 0. The lowest BCUT2D eigenvalue weighted by Crippen LogP contribution is -2.11. The zero-order valence-electron chi connectivity index (χ0n) is 14.2. The molecule has 0 unspecified atom stereocenters. The van der Waals surface area contributed by atoms with Gasteiger partial charge in [-0.15, -0.1) is 0 Å². The zero-order chi connectivity index (χ0) is 17.5. The Kier molecular flexibility index (Phi) is 6.18. The van der Waals surface area contributed by atoms with Gasteiger partial charge in [-0.1, -0.05) is 31.5 Å². The van der Waals surface area contributed by atoms with E-state index in [0.717, 1.165) is 12.0 Å². The maximum absolute atomic E-state index is 12.0. The van der Waals surface area contributed by atoms with Crippen LogP contribution >= 0.6 is 0 Å². The Bertz CT molecular complexity index is 745. The number of esters is 1. The van der Waals surface area contributed by atoms with Crippen LogP contribution in [0.2, 0.25) is 0 Å². The molecule has 0 amide bonds. The molecule has 1 aromatic heterocycles. The molecule has 0 aliphatic rings. The molecule has 0 radical (unpaired) electrons. The first-order chi connectivity index (χ1) is 11.5. The zero-order valence-corrected chi connectivity index (χ0v) is 14.2. The molecule has 24 heavy (non-hydrogen) atoms. The minimum absolute atomic E-state index is 0.103. The van der Waals surface area contributed by atoms with Crippen molar-refractivity contribution >= 4 is 5.97 Å². The number of benzene rings is 1. The second-order valence-corrected chi connectivity index (χ2v) is 6.05. The van der Waals surface area contributed by atoms with E-state index in [4.69, 9.17) is 13.9 Å². The van der Waals surface area contributed by atoms with E-state index < -0.39 is 5.97 Å². The van der Waals surface area contributed by atoms with E-state index in [2.05, 4.69) is 13.8 Å². The predicted molar refractivity (Wildman–Crippen MR) is 90.2 cm³/mol. The van der Waals surface area contributed by atoms with Gasteiger partial charge >= 0.3 is 5.97 Å². The Morgan fingerprint density at radius 2 is 2.04 bits per heavy atom. The monoisotopic (exact) mass is 330 g/mol. The highest BCUT2D eigenvalue weighted by Gasteiger charge is 2.10. The molecule has 0 N–H and O–H groups in total. The predicted octanol–water partition coefficient (Wildman–Crippen LogP) is 3.73. The quantitative estimate of drug-likeness (QED) is 0.724. The molecule has 0 aliphatic carbocycles. The van der Waals surface area contributed by atoms with E-state index in [9.17, 15) is 9.59 Å². The first-order valence-corrected chi connectivity index (χ1v) is 7.94. The van der Waals surface area contributed by atoms with Crippen LogP contribution in [0.4, 0.5) is 0 Å². The van der Waals surface area contributed by atoms with Gasteiger partial charge in [-0.05, 0) is 31.4 Å². The molecule has 5 heteroatoms. The summed E-state index contributed by atoms with van der Waals surface area (Å²) in [6, 6.07) is 8.39. The Hall–Kier alpha value is -2.56. The Balaban J connectivity index is 1.92. The summed E-state index contributed by atoms with van der Waals surface area (Å²) in [6.45, 7) is 6.42. The number of rotatable bonds is 7. The lowest BCUT2D eigenvalue weighted by molar-refractivity contribution is 0.0442. The van der Waals surface area contributed by atoms with Crippen LogP contribution in [-0.4, -0.2) is 12.6 Å². The summed E-state index contributed by atoms with van der Waals surface area (Å²) in [4.78, 5) is 23.9. The summed E-state index contributed by atoms with van der Waals surface area (Å²) in [5.41, 5.74) is 1.15. The smallest absolute Gasteiger partial charge is 0.338 e. The lowest BCUT2D eigenvalue weighted by Gasteiger charge is -2.08. The number of hydrogen-bond acceptors (Lipinski definition) is 5. The third-order valence-corrected chi connectivity index (χ3v) is 3.40. The molecule has 0 spiro atoms. The third kappa shape index (κ3) is 5.26. The van der Waals surface area contributed by atoms with Crippen molar-refractivity contribution in [2.45, 2.75) is 33.8 Å². The standard InChI is InChI=1S/C19H22O5/c1-13(2)7-8-22-18-12-23-16(10-17(18)20)11-24-19(21)15-6-4-5-14(3)9-15/h4-6,9-10,12-13H,7-8,11H2,1-3H3. The fourth-order valence-electron chi connectivity index (χ4n) is 2.02. The number of hydrogen-bond donors (Lipinski definition) is 0. The summed E-state index contributed by atoms with van der Waals surface area (Å²) in [5, 5.41) is 0. The van der Waals surface area contributed by atoms with E-state index in [1.807, 2.05) is 13.0 Å². The summed E-state index contributed by atoms with van der Waals surface area (Å²) < 4.78 is 15.9. The van der Waals surface area contributed by atoms with E-state index >= 15 is 0 Å². The Labute approximate surface area is 141 Å². The molecule has 0 atom stereocenters. The fourth-order valence-corrected chi connectivity index (χ4v) is 2.02. The molecule has 2 rings (SSSR count). The normalized spacial score (nSPS) is 10.7. The van der Waals surface area contributed by atoms with E-state index in [1.54, 1.807) is 18.2 Å². The van der Waals surface area contributed by atoms with Crippen molar-refractivity contribution in [3.8, 4) is 5.75 Å². The second-order valence-electron chi connectivity index (χ2n) is 6.05. The SMILES string of the molecule is Cc1cccc(C(=O)OCc2cc(=O)c(OCCC(C)C)co2)c1. The van der Waals surface area contributed by atoms with Crippen molar-refractivity contribution in [1.29, 1.82) is 0 Å². The van der Waals surface area contributed by atoms with Crippen molar-refractivity contribution in [2.24, 2.45) is 5.92 Å². The van der Waals surface area contributed by atoms with Gasteiger partial charge in [-0.25, -0.2) is 4.79 Å². The second kappa shape index (κ2) is 8.34. The van der Waals surface area contributed by atoms with Crippen LogP contribution in [0.5, 0.6) is 5.75 Å². The summed E-state index contributed by atoms with van der Waals surface area (Å²) >= 11 is 0. The number of aryl methyl sites for hydroxylation is 1. The number of carbonyl (C=O) groups excluding carboxylic acids is 1. The molecule has 1 heterocycles. The molecule has 0 saturated heterocycles. The molecule has 0 saturated carbocycles. The third-order valence-electron chi connectivity index (χ3n) is 3.40. The van der Waals surface area contributed by atoms with E-state index in [1.165, 1.54) is 12.3 Å². The largest absolute Gasteiger partial charge is 0.487 e. The van der Waals surface area contributed by atoms with Gasteiger partial charge in [0.1, 0.15) is 18.6 Å². The molecule has 5 nitrogen and oxygen atoms in total. The van der Waals surface area contributed by atoms with Crippen LogP contribution < -0.4 is 10.2 Å². The average molecular weight is 330 g/mol. The minimum atomic E-state index is -0.460. The van der Waals surface area contributed by atoms with Gasteiger partial charge in [0, 0.05) is 6.07 Å². The topological polar surface area (TPSA) is 65.7 Å². The maximum Gasteiger partial charge on any atom is 0.338 e. The van der Waals surface area contributed by atoms with Crippen molar-refractivity contribution in [3.05, 3.63) is 63.7 Å². The van der Waals surface area contributed by atoms with Gasteiger partial charge < -0.3 is 13.9 Å². The first-order valence-electron chi connectivity index (χ1n) is 7.94. The number of ether oxygens (including phenoxy) is 2. The molecule has 0 bridgehead atoms. The molecule has 1 aromatic carbocycles. The molecular weight excluding hydrogens is 308 g/mol. The summed E-state index contributed by atoms with van der Waals surface area (Å²) in [5.74, 6) is 0.484. The fraction of sp³-hybridized carbons (Fsp3) is 0.368. The molecule has 0 aliphatic heterocycles. The highest BCUT2D eigenvalue weighted by molar-refractivity contribution is 5.89. The van der Waals surface area contributed by atoms with Crippen LogP contribution in [0, 0.1) is 12.8 Å². The maximum atomic E-state index is 12.0. The Morgan fingerprint density at radius 3 is 2.71 bits per heavy atom. The van der Waals surface area contributed by atoms with Gasteiger partial charge in [0.15, 0.2) is 0 Å². The van der Waals surface area contributed by atoms with Crippen LogP contribution in [-0.2, 0) is 11.3 Å². The van der Waals surface area contributed by atoms with Gasteiger partial charge in [0.25, 0.3) is 0 Å². The van der Waals surface area contributed by atoms with Gasteiger partial charge in [-0.3, -0.25) is 4.79 Å². The summed E-state index contributed by atoms with van der Waals surface area (Å²) in [6.07, 6.45) is 2.12. The highest BCUT2D eigenvalue weighted by atomic mass is 16.5. The molecule has 2 aromatic rings. The van der Waals surface area contributed by atoms with Crippen molar-refractivity contribution in [1.82, 2.24) is 0 Å². The Morgan fingerprint density at radius 1 is 1.25 bits per heavy atom. The van der Waals surface area contributed by atoms with Crippen LogP contribution in [0.3, 0.4) is 0 Å². The van der Waals surface area contributed by atoms with Crippen LogP contribution in [0.15, 0.2) is 45.8 Å². The first kappa shape index (κ1) is 17.8. The molecule has 0 fully saturated rings. The van der Waals surface area contributed by atoms with Crippen molar-refractivity contribution in [2.75, 3.05) is 6.61 Å². The van der Waals surface area contributed by atoms with E-state index in [-0.39, 0.29) is 23.5 Å². The van der Waals surface area contributed by atoms with Crippen LogP contribution in [0.25, 0.3) is 0 Å². The van der Waals surface area contributed by atoms with Gasteiger partial charge in [0.2, 0.25) is 11.2 Å². The minimum Gasteiger partial charge on any atom is -0.487 e. The highest BCUT2D eigenvalue weighted by Crippen LogP contribution is 2.11. The van der Waals surface area contributed by atoms with Crippen molar-refractivity contribution < 1.29 is 18.7 Å². The molecule has 128 valence electrons. The van der Waals surface area contributed by atoms with Crippen molar-refractivity contribution in [3.63, 3.8) is 0 Å². The van der Waals surface area contributed by atoms with E-state index in [0.29, 0.717) is 18.1 Å². The molecular formula is C19H22O5. The average Bonchev–Trinajstić information content (AvgIpc) is 2.54. The van der Waals surface area contributed by atoms with Crippen LogP contribution in [0.1, 0.15) is 41.9 Å². The lowest BCUT2D eigenvalue weighted by atomic mass is 10.1. The van der Waals surface area contributed by atoms with Gasteiger partial charge in [0.05, 0.1) is 12.2 Å².